The van der Waals surface area contributed by atoms with Crippen LogP contribution in [0.5, 0.6) is 0 Å². The number of nitro groups is 1. The average molecular weight is 403 g/mol. The second-order valence-electron chi connectivity index (χ2n) is 6.67. The van der Waals surface area contributed by atoms with Crippen molar-refractivity contribution in [1.82, 2.24) is 9.21 Å². The summed E-state index contributed by atoms with van der Waals surface area (Å²) in [5, 5.41) is 10.9. The highest BCUT2D eigenvalue weighted by molar-refractivity contribution is 7.89. The highest BCUT2D eigenvalue weighted by Gasteiger charge is 2.29. The molecule has 0 radical (unpaired) electrons. The lowest BCUT2D eigenvalue weighted by Gasteiger charge is -2.22. The molecule has 1 aliphatic heterocycles. The molecule has 148 valence electrons. The molecule has 1 saturated heterocycles. The molecule has 9 heteroatoms. The van der Waals surface area contributed by atoms with Gasteiger partial charge in [0.2, 0.25) is 10.0 Å². The first-order valence-corrected chi connectivity index (χ1v) is 10.3. The van der Waals surface area contributed by atoms with E-state index in [2.05, 4.69) is 0 Å². The Kier molecular flexibility index (Phi) is 5.76. The standard InChI is InChI=1S/C19H21N3O5S/c1-15-5-2-6-16(13-15)19(23)20-9-4-10-21(12-11-20)28(26,27)18-8-3-7-17(14-18)22(24)25/h2-3,5-8,13-14H,4,9-12H2,1H3. The van der Waals surface area contributed by atoms with Crippen molar-refractivity contribution in [3.8, 4) is 0 Å². The zero-order chi connectivity index (χ0) is 20.3. The molecule has 1 amide bonds. The van der Waals surface area contributed by atoms with Crippen LogP contribution in [-0.2, 0) is 10.0 Å². The summed E-state index contributed by atoms with van der Waals surface area (Å²) in [5.41, 5.74) is 1.29. The van der Waals surface area contributed by atoms with E-state index in [1.165, 1.54) is 22.5 Å². The number of rotatable bonds is 4. The van der Waals surface area contributed by atoms with Crippen LogP contribution in [0.25, 0.3) is 0 Å². The Morgan fingerprint density at radius 2 is 1.79 bits per heavy atom. The summed E-state index contributed by atoms with van der Waals surface area (Å²) in [6.45, 7) is 3.02. The number of carbonyl (C=O) groups is 1. The molecular weight excluding hydrogens is 382 g/mol. The Hall–Kier alpha value is -2.78. The molecule has 0 atom stereocenters. The number of benzene rings is 2. The molecule has 0 aromatic heterocycles. The minimum atomic E-state index is -3.87. The number of nitro benzene ring substituents is 1. The van der Waals surface area contributed by atoms with Gasteiger partial charge in [0.1, 0.15) is 0 Å². The highest BCUT2D eigenvalue weighted by Crippen LogP contribution is 2.22. The molecule has 3 rings (SSSR count). The van der Waals surface area contributed by atoms with Gasteiger partial charge in [-0.3, -0.25) is 14.9 Å². The minimum absolute atomic E-state index is 0.111. The molecule has 8 nitrogen and oxygen atoms in total. The lowest BCUT2D eigenvalue weighted by molar-refractivity contribution is -0.385. The summed E-state index contributed by atoms with van der Waals surface area (Å²) < 4.78 is 27.1. The van der Waals surface area contributed by atoms with Gasteiger partial charge in [-0.25, -0.2) is 8.42 Å². The zero-order valence-electron chi connectivity index (χ0n) is 15.4. The molecule has 1 fully saturated rings. The molecule has 0 unspecified atom stereocenters. The van der Waals surface area contributed by atoms with E-state index in [0.717, 1.165) is 11.6 Å². The van der Waals surface area contributed by atoms with Crippen molar-refractivity contribution in [1.29, 1.82) is 0 Å². The largest absolute Gasteiger partial charge is 0.337 e. The van der Waals surface area contributed by atoms with Crippen LogP contribution in [-0.4, -0.2) is 54.6 Å². The predicted molar refractivity (Wildman–Crippen MR) is 104 cm³/mol. The van der Waals surface area contributed by atoms with Crippen molar-refractivity contribution < 1.29 is 18.1 Å². The Morgan fingerprint density at radius 3 is 2.50 bits per heavy atom. The van der Waals surface area contributed by atoms with Crippen molar-refractivity contribution in [2.24, 2.45) is 0 Å². The maximum Gasteiger partial charge on any atom is 0.270 e. The van der Waals surface area contributed by atoms with E-state index < -0.39 is 14.9 Å². The fraction of sp³-hybridized carbons (Fsp3) is 0.316. The van der Waals surface area contributed by atoms with Crippen LogP contribution in [0, 0.1) is 17.0 Å². The van der Waals surface area contributed by atoms with Crippen molar-refractivity contribution >= 4 is 21.6 Å². The second kappa shape index (κ2) is 8.07. The van der Waals surface area contributed by atoms with Gasteiger partial charge in [-0.2, -0.15) is 4.31 Å². The van der Waals surface area contributed by atoms with Crippen molar-refractivity contribution in [2.45, 2.75) is 18.2 Å². The van der Waals surface area contributed by atoms with E-state index >= 15 is 0 Å². The van der Waals surface area contributed by atoms with Gasteiger partial charge in [0.15, 0.2) is 0 Å². The van der Waals surface area contributed by atoms with E-state index in [4.69, 9.17) is 0 Å². The third-order valence-corrected chi connectivity index (χ3v) is 6.57. The number of nitrogens with zero attached hydrogens (tertiary/aromatic N) is 3. The number of carbonyl (C=O) groups excluding carboxylic acids is 1. The van der Waals surface area contributed by atoms with Crippen LogP contribution in [0.1, 0.15) is 22.3 Å². The van der Waals surface area contributed by atoms with Crippen molar-refractivity contribution in [2.75, 3.05) is 26.2 Å². The summed E-state index contributed by atoms with van der Waals surface area (Å²) in [6.07, 6.45) is 0.492. The first kappa shape index (κ1) is 20.0. The number of amides is 1. The molecular formula is C19H21N3O5S. The summed E-state index contributed by atoms with van der Waals surface area (Å²) >= 11 is 0. The molecule has 28 heavy (non-hydrogen) atoms. The Bertz CT molecular complexity index is 1010. The van der Waals surface area contributed by atoms with Gasteiger partial charge < -0.3 is 4.90 Å². The molecule has 0 bridgehead atoms. The lowest BCUT2D eigenvalue weighted by Crippen LogP contribution is -2.37. The van der Waals surface area contributed by atoms with E-state index in [9.17, 15) is 23.3 Å². The highest BCUT2D eigenvalue weighted by atomic mass is 32.2. The average Bonchev–Trinajstić information content (AvgIpc) is 2.94. The van der Waals surface area contributed by atoms with Crippen LogP contribution in [0.2, 0.25) is 0 Å². The molecule has 0 saturated carbocycles. The normalized spacial score (nSPS) is 15.8. The van der Waals surface area contributed by atoms with E-state index in [-0.39, 0.29) is 36.1 Å². The Morgan fingerprint density at radius 1 is 1.04 bits per heavy atom. The third kappa shape index (κ3) is 4.20. The summed E-state index contributed by atoms with van der Waals surface area (Å²) in [5.74, 6) is -0.127. The van der Waals surface area contributed by atoms with Gasteiger partial charge in [-0.15, -0.1) is 0 Å². The molecule has 2 aromatic rings. The summed E-state index contributed by atoms with van der Waals surface area (Å²) in [6, 6.07) is 12.3. The van der Waals surface area contributed by atoms with E-state index in [0.29, 0.717) is 18.5 Å². The fourth-order valence-electron chi connectivity index (χ4n) is 3.20. The van der Waals surface area contributed by atoms with E-state index in [1.54, 1.807) is 11.0 Å². The van der Waals surface area contributed by atoms with Gasteiger partial charge in [0.05, 0.1) is 9.82 Å². The summed E-state index contributed by atoms with van der Waals surface area (Å²) in [4.78, 5) is 24.6. The maximum absolute atomic E-state index is 12.9. The number of non-ortho nitro benzene ring substituents is 1. The van der Waals surface area contributed by atoms with Gasteiger partial charge in [0.25, 0.3) is 11.6 Å². The predicted octanol–water partition coefficient (Wildman–Crippen LogP) is 2.44. The molecule has 0 spiro atoms. The quantitative estimate of drug-likeness (QED) is 0.576. The van der Waals surface area contributed by atoms with Gasteiger partial charge >= 0.3 is 0 Å². The van der Waals surface area contributed by atoms with Crippen LogP contribution in [0.3, 0.4) is 0 Å². The SMILES string of the molecule is Cc1cccc(C(=O)N2CCCN(S(=O)(=O)c3cccc([N+](=O)[O-])c3)CC2)c1. The summed E-state index contributed by atoms with van der Waals surface area (Å²) in [7, 11) is -3.87. The van der Waals surface area contributed by atoms with Gasteiger partial charge in [0, 0.05) is 43.9 Å². The fourth-order valence-corrected chi connectivity index (χ4v) is 4.71. The smallest absolute Gasteiger partial charge is 0.270 e. The first-order chi connectivity index (χ1) is 13.3. The third-order valence-electron chi connectivity index (χ3n) is 4.67. The molecule has 1 heterocycles. The molecule has 1 aliphatic rings. The van der Waals surface area contributed by atoms with Gasteiger partial charge in [-0.05, 0) is 31.5 Å². The topological polar surface area (TPSA) is 101 Å². The van der Waals surface area contributed by atoms with Crippen LogP contribution < -0.4 is 0 Å². The van der Waals surface area contributed by atoms with Gasteiger partial charge in [-0.1, -0.05) is 23.8 Å². The number of aryl methyl sites for hydroxylation is 1. The zero-order valence-corrected chi connectivity index (χ0v) is 16.3. The Labute approximate surface area is 163 Å². The number of hydrogen-bond donors (Lipinski definition) is 0. The monoisotopic (exact) mass is 403 g/mol. The van der Waals surface area contributed by atoms with Crippen LogP contribution in [0.4, 0.5) is 5.69 Å². The molecule has 2 aromatic carbocycles. The van der Waals surface area contributed by atoms with Crippen LogP contribution >= 0.6 is 0 Å². The molecule has 0 aliphatic carbocycles. The second-order valence-corrected chi connectivity index (χ2v) is 8.61. The molecule has 0 N–H and O–H groups in total. The van der Waals surface area contributed by atoms with Crippen molar-refractivity contribution in [3.05, 3.63) is 69.8 Å². The van der Waals surface area contributed by atoms with E-state index in [1.807, 2.05) is 25.1 Å². The minimum Gasteiger partial charge on any atom is -0.337 e. The van der Waals surface area contributed by atoms with Crippen molar-refractivity contribution in [3.63, 3.8) is 0 Å². The number of sulfonamides is 1. The van der Waals surface area contributed by atoms with Crippen LogP contribution in [0.15, 0.2) is 53.4 Å². The lowest BCUT2D eigenvalue weighted by atomic mass is 10.1. The Balaban J connectivity index is 1.76. The number of hydrogen-bond acceptors (Lipinski definition) is 5. The first-order valence-electron chi connectivity index (χ1n) is 8.89. The maximum atomic E-state index is 12.9.